The van der Waals surface area contributed by atoms with Gasteiger partial charge in [-0.1, -0.05) is 16.7 Å². The molecule has 3 aromatic rings. The van der Waals surface area contributed by atoms with Gasteiger partial charge in [-0.2, -0.15) is 0 Å². The summed E-state index contributed by atoms with van der Waals surface area (Å²) in [5, 5.41) is 11.0. The van der Waals surface area contributed by atoms with Crippen LogP contribution in [0.3, 0.4) is 0 Å². The second kappa shape index (κ2) is 11.3. The number of nitrogens with zero attached hydrogens (tertiary/aromatic N) is 5. The number of amides is 2. The number of halogens is 4. The van der Waals surface area contributed by atoms with E-state index in [1.54, 1.807) is 43.6 Å². The summed E-state index contributed by atoms with van der Waals surface area (Å²) in [6.45, 7) is 3.93. The van der Waals surface area contributed by atoms with E-state index < -0.39 is 49.3 Å². The average molecular weight is 575 g/mol. The van der Waals surface area contributed by atoms with Crippen molar-refractivity contribution in [1.82, 2.24) is 29.8 Å². The highest BCUT2D eigenvalue weighted by Crippen LogP contribution is 2.33. The molecule has 1 aliphatic heterocycles. The molecule has 2 amide bonds. The lowest BCUT2D eigenvalue weighted by Crippen LogP contribution is -2.52. The van der Waals surface area contributed by atoms with Crippen LogP contribution in [-0.2, 0) is 9.47 Å². The molecule has 12 nitrogen and oxygen atoms in total. The van der Waals surface area contributed by atoms with Gasteiger partial charge in [0, 0.05) is 25.0 Å². The molecular formula is C23H26ClF3N6O6. The number of rotatable bonds is 7. The molecule has 16 heteroatoms. The van der Waals surface area contributed by atoms with E-state index in [2.05, 4.69) is 25.2 Å². The van der Waals surface area contributed by atoms with Gasteiger partial charge < -0.3 is 23.6 Å². The fourth-order valence-electron chi connectivity index (χ4n) is 3.92. The molecule has 0 aromatic carbocycles. The van der Waals surface area contributed by atoms with Crippen LogP contribution >= 0.6 is 11.6 Å². The maximum Gasteiger partial charge on any atom is 0.522 e. The first kappa shape index (κ1) is 28.4. The Morgan fingerprint density at radius 3 is 2.67 bits per heavy atom. The van der Waals surface area contributed by atoms with Crippen molar-refractivity contribution >= 4 is 29.1 Å². The first-order valence-electron chi connectivity index (χ1n) is 11.9. The van der Waals surface area contributed by atoms with Crippen molar-refractivity contribution in [3.8, 4) is 6.08 Å². The third-order valence-electron chi connectivity index (χ3n) is 5.50. The van der Waals surface area contributed by atoms with E-state index in [-0.39, 0.29) is 24.2 Å². The second-order valence-electron chi connectivity index (χ2n) is 9.71. The lowest BCUT2D eigenvalue weighted by molar-refractivity contribution is -0.325. The van der Waals surface area contributed by atoms with Crippen molar-refractivity contribution in [2.24, 2.45) is 0 Å². The number of aromatic nitrogens is 4. The Kier molecular flexibility index (Phi) is 8.20. The number of likely N-dealkylation sites (tertiary alicyclic amines) is 1. The number of hydrogen-bond donors (Lipinski definition) is 1. The van der Waals surface area contributed by atoms with Crippen LogP contribution < -0.4 is 10.1 Å². The van der Waals surface area contributed by atoms with Gasteiger partial charge in [0.1, 0.15) is 23.9 Å². The molecule has 1 fully saturated rings. The number of alkyl halides is 3. The van der Waals surface area contributed by atoms with Crippen molar-refractivity contribution in [2.75, 3.05) is 19.8 Å². The first-order chi connectivity index (χ1) is 18.3. The Balaban J connectivity index is 1.44. The van der Waals surface area contributed by atoms with Crippen LogP contribution in [0.4, 0.5) is 18.0 Å². The summed E-state index contributed by atoms with van der Waals surface area (Å²) in [5.41, 5.74) is 0.0782. The zero-order chi connectivity index (χ0) is 28.4. The Bertz CT molecular complexity index is 1320. The van der Waals surface area contributed by atoms with Gasteiger partial charge in [-0.15, -0.1) is 18.3 Å². The molecule has 1 saturated heterocycles. The first-order valence-corrected chi connectivity index (χ1v) is 12.3. The molecule has 3 aromatic heterocycles. The van der Waals surface area contributed by atoms with E-state index in [1.165, 1.54) is 11.1 Å². The van der Waals surface area contributed by atoms with Crippen LogP contribution in [0.15, 0.2) is 29.1 Å². The lowest BCUT2D eigenvalue weighted by atomic mass is 9.98. The fourth-order valence-corrected chi connectivity index (χ4v) is 4.14. The molecule has 0 radical (unpaired) electrons. The van der Waals surface area contributed by atoms with Gasteiger partial charge in [-0.25, -0.2) is 9.78 Å². The molecular weight excluding hydrogens is 549 g/mol. The van der Waals surface area contributed by atoms with Gasteiger partial charge in [0.15, 0.2) is 0 Å². The van der Waals surface area contributed by atoms with Crippen LogP contribution in [0, 0.1) is 0 Å². The summed E-state index contributed by atoms with van der Waals surface area (Å²) in [4.78, 5) is 31.5. The largest absolute Gasteiger partial charge is 0.522 e. The summed E-state index contributed by atoms with van der Waals surface area (Å²) >= 11 is 6.01. The maximum atomic E-state index is 13.1. The minimum atomic E-state index is -4.79. The summed E-state index contributed by atoms with van der Waals surface area (Å²) < 4.78 is 57.7. The van der Waals surface area contributed by atoms with Gasteiger partial charge in [0.25, 0.3) is 5.91 Å². The Labute approximate surface area is 225 Å². The van der Waals surface area contributed by atoms with E-state index in [9.17, 15) is 22.8 Å². The van der Waals surface area contributed by atoms with Crippen molar-refractivity contribution < 1.29 is 41.4 Å². The Morgan fingerprint density at radius 1 is 1.18 bits per heavy atom. The molecule has 1 N–H and O–H groups in total. The van der Waals surface area contributed by atoms with E-state index >= 15 is 0 Å². The lowest BCUT2D eigenvalue weighted by Gasteiger charge is -2.38. The maximum absolute atomic E-state index is 13.1. The van der Waals surface area contributed by atoms with Crippen molar-refractivity contribution in [3.63, 3.8) is 0 Å². The Morgan fingerprint density at radius 2 is 1.95 bits per heavy atom. The number of nitrogens with one attached hydrogen (secondary N) is 1. The van der Waals surface area contributed by atoms with Crippen molar-refractivity contribution in [3.05, 3.63) is 41.3 Å². The van der Waals surface area contributed by atoms with Crippen LogP contribution in [0.1, 0.15) is 56.0 Å². The molecule has 4 heterocycles. The molecule has 0 aliphatic carbocycles. The summed E-state index contributed by atoms with van der Waals surface area (Å²) in [5.74, 6) is -0.433. The summed E-state index contributed by atoms with van der Waals surface area (Å²) in [6, 6.07) is 0.534. The van der Waals surface area contributed by atoms with Gasteiger partial charge >= 0.3 is 18.5 Å². The van der Waals surface area contributed by atoms with Gasteiger partial charge in [0.2, 0.25) is 5.89 Å². The molecule has 4 rings (SSSR count). The minimum absolute atomic E-state index is 0.00832. The van der Waals surface area contributed by atoms with Crippen LogP contribution in [0.25, 0.3) is 5.52 Å². The predicted molar refractivity (Wildman–Crippen MR) is 128 cm³/mol. The number of hydrogen-bond acceptors (Lipinski definition) is 9. The van der Waals surface area contributed by atoms with Gasteiger partial charge in [-0.05, 0) is 39.7 Å². The normalized spacial score (nSPS) is 18.3. The number of carbonyl (C=O) groups is 2. The number of piperidine rings is 1. The highest BCUT2D eigenvalue weighted by molar-refractivity contribution is 6.31. The third kappa shape index (κ3) is 7.72. The van der Waals surface area contributed by atoms with E-state index in [1.807, 2.05) is 0 Å². The van der Waals surface area contributed by atoms with Crippen molar-refractivity contribution in [2.45, 2.75) is 57.7 Å². The number of fused-ring (bicyclic) bond motifs is 1. The summed E-state index contributed by atoms with van der Waals surface area (Å²) in [7, 11) is 0. The third-order valence-corrected chi connectivity index (χ3v) is 5.71. The van der Waals surface area contributed by atoms with E-state index in [0.717, 1.165) is 5.52 Å². The van der Waals surface area contributed by atoms with Crippen LogP contribution in [0.5, 0.6) is 6.08 Å². The fraction of sp³-hybridized carbons (Fsp3) is 0.522. The standard InChI is InChI=1S/C23H26ClF3N6O6/c1-22(2,3)39-21(35)33-11-14(29-18(34)16-12-32-10-13(24)8-15(32)9-28-16)4-5-17(33)19-30-31-20(38-19)36-6-7-37-23(25,26)27/h8-10,12,14,17H,4-7,11H2,1-3H3,(H,29,34)/t14-,17+/m0/s1. The Hall–Kier alpha value is -3.59. The van der Waals surface area contributed by atoms with E-state index in [4.69, 9.17) is 25.5 Å². The number of ether oxygens (including phenoxy) is 3. The smallest absolute Gasteiger partial charge is 0.447 e. The van der Waals surface area contributed by atoms with Gasteiger partial charge in [0.05, 0.1) is 23.3 Å². The molecule has 39 heavy (non-hydrogen) atoms. The summed E-state index contributed by atoms with van der Waals surface area (Å²) in [6.07, 6.45) is -0.369. The average Bonchev–Trinajstić information content (AvgIpc) is 3.45. The monoisotopic (exact) mass is 574 g/mol. The molecule has 2 atom stereocenters. The van der Waals surface area contributed by atoms with Gasteiger partial charge in [-0.3, -0.25) is 14.4 Å². The molecule has 0 spiro atoms. The van der Waals surface area contributed by atoms with Crippen LogP contribution in [0.2, 0.25) is 5.02 Å². The van der Waals surface area contributed by atoms with Crippen LogP contribution in [-0.4, -0.2) is 74.2 Å². The SMILES string of the molecule is CC(C)(C)OC(=O)N1C[C@@H](NC(=O)c2cn3cc(Cl)cc3cn2)CC[C@@H]1c1nnc(OCCOC(F)(F)F)o1. The zero-order valence-electron chi connectivity index (χ0n) is 21.2. The van der Waals surface area contributed by atoms with E-state index in [0.29, 0.717) is 17.9 Å². The molecule has 1 aliphatic rings. The molecule has 0 bridgehead atoms. The second-order valence-corrected chi connectivity index (χ2v) is 10.1. The highest BCUT2D eigenvalue weighted by Gasteiger charge is 2.39. The predicted octanol–water partition coefficient (Wildman–Crippen LogP) is 4.16. The highest BCUT2D eigenvalue weighted by atomic mass is 35.5. The van der Waals surface area contributed by atoms with Crippen molar-refractivity contribution in [1.29, 1.82) is 0 Å². The molecule has 212 valence electrons. The number of carbonyl (C=O) groups excluding carboxylic acids is 2. The minimum Gasteiger partial charge on any atom is -0.447 e. The zero-order valence-corrected chi connectivity index (χ0v) is 22.0. The molecule has 0 saturated carbocycles. The topological polar surface area (TPSA) is 133 Å². The molecule has 0 unspecified atom stereocenters. The quantitative estimate of drug-likeness (QED) is 0.413.